The second kappa shape index (κ2) is 5.73. The van der Waals surface area contributed by atoms with E-state index in [9.17, 15) is 4.79 Å². The van der Waals surface area contributed by atoms with Crippen molar-refractivity contribution in [2.24, 2.45) is 0 Å². The van der Waals surface area contributed by atoms with E-state index in [0.717, 1.165) is 0 Å². The molecule has 0 aromatic heterocycles. The molecule has 0 aliphatic heterocycles. The molecule has 0 amide bonds. The lowest BCUT2D eigenvalue weighted by Gasteiger charge is -1.70. The van der Waals surface area contributed by atoms with Crippen LogP contribution in [0.4, 0.5) is 0 Å². The molecule has 6 heavy (non-hydrogen) atoms. The minimum atomic E-state index is -0.759. The number of carbonyl (C=O) groups is 1. The van der Waals surface area contributed by atoms with Crippen molar-refractivity contribution >= 4 is 45.9 Å². The highest BCUT2D eigenvalue weighted by molar-refractivity contribution is 14.1. The Morgan fingerprint density at radius 3 is 2.00 bits per heavy atom. The van der Waals surface area contributed by atoms with Crippen molar-refractivity contribution in [3.63, 3.8) is 0 Å². The molecular weight excluding hydrogens is 210 g/mol. The summed E-state index contributed by atoms with van der Waals surface area (Å²) in [6, 6.07) is 0. The largest absolute Gasteiger partial charge is 0.481 e. The van der Waals surface area contributed by atoms with Gasteiger partial charge in [-0.1, -0.05) is 22.6 Å². The molecule has 0 unspecified atom stereocenters. The third kappa shape index (κ3) is 8.83. The maximum atomic E-state index is 9.36. The van der Waals surface area contributed by atoms with Crippen LogP contribution in [-0.4, -0.2) is 32.9 Å². The van der Waals surface area contributed by atoms with Gasteiger partial charge in [0.2, 0.25) is 0 Å². The first-order valence-corrected chi connectivity index (χ1v) is 2.57. The zero-order valence-corrected chi connectivity index (χ0v) is 4.60. The van der Waals surface area contributed by atoms with Crippen molar-refractivity contribution in [3.05, 3.63) is 0 Å². The van der Waals surface area contributed by atoms with Gasteiger partial charge < -0.3 is 5.11 Å². The van der Waals surface area contributed by atoms with Gasteiger partial charge in [0.15, 0.2) is 17.4 Å². The molecule has 36 valence electrons. The number of rotatable bonds is 1. The molecule has 0 rings (SSSR count). The maximum Gasteiger partial charge on any atom is 0.313 e. The molecule has 0 saturated heterocycles. The smallest absolute Gasteiger partial charge is 0.313 e. The summed E-state index contributed by atoms with van der Waals surface area (Å²) < 4.78 is 0.192. The highest BCUT2D eigenvalue weighted by Gasteiger charge is 1.82. The van der Waals surface area contributed by atoms with Gasteiger partial charge in [0.25, 0.3) is 0 Å². The van der Waals surface area contributed by atoms with Crippen molar-refractivity contribution in [2.75, 3.05) is 4.43 Å². The third-order valence-corrected chi connectivity index (χ3v) is 0.767. The number of carboxylic acid groups (broad SMARTS) is 1. The number of halogens is 1. The summed E-state index contributed by atoms with van der Waals surface area (Å²) in [6.45, 7) is 0. The lowest BCUT2D eigenvalue weighted by molar-refractivity contribution is -0.133. The normalized spacial score (nSPS) is 6.17. The molecule has 0 bridgehead atoms. The second-order valence-corrected chi connectivity index (χ2v) is 1.29. The van der Waals surface area contributed by atoms with Crippen LogP contribution in [0.15, 0.2) is 0 Å². The van der Waals surface area contributed by atoms with Gasteiger partial charge in [-0.2, -0.15) is 0 Å². The van der Waals surface area contributed by atoms with Gasteiger partial charge in [-0.25, -0.2) is 0 Å². The van der Waals surface area contributed by atoms with Crippen LogP contribution >= 0.6 is 22.6 Å². The summed E-state index contributed by atoms with van der Waals surface area (Å²) >= 11 is 1.78. The number of aliphatic carboxylic acids is 1. The molecule has 0 fully saturated rings. The SMILES string of the molecule is O=C(O)CI.[AlH3]. The van der Waals surface area contributed by atoms with Crippen LogP contribution in [0.1, 0.15) is 0 Å². The van der Waals surface area contributed by atoms with Crippen molar-refractivity contribution in [1.29, 1.82) is 0 Å². The van der Waals surface area contributed by atoms with E-state index in [0.29, 0.717) is 0 Å². The highest BCUT2D eigenvalue weighted by atomic mass is 127. The van der Waals surface area contributed by atoms with Crippen LogP contribution in [0.2, 0.25) is 0 Å². The molecule has 0 aromatic rings. The van der Waals surface area contributed by atoms with Gasteiger partial charge in [-0.3, -0.25) is 4.79 Å². The fourth-order valence-electron chi connectivity index (χ4n) is 0. The molecular formula is C2H6AlIO2. The molecule has 0 aliphatic rings. The molecule has 0 aliphatic carbocycles. The summed E-state index contributed by atoms with van der Waals surface area (Å²) in [5, 5.41) is 7.71. The fraction of sp³-hybridized carbons (Fsp3) is 0.500. The zero-order valence-electron chi connectivity index (χ0n) is 2.44. The second-order valence-electron chi connectivity index (χ2n) is 0.527. The van der Waals surface area contributed by atoms with E-state index >= 15 is 0 Å². The fourth-order valence-corrected chi connectivity index (χ4v) is 0. The predicted molar refractivity (Wildman–Crippen MR) is 36.5 cm³/mol. The summed E-state index contributed by atoms with van der Waals surface area (Å²) in [5.74, 6) is -0.759. The van der Waals surface area contributed by atoms with Crippen LogP contribution in [0.5, 0.6) is 0 Å². The topological polar surface area (TPSA) is 37.3 Å². The van der Waals surface area contributed by atoms with Crippen molar-refractivity contribution in [2.45, 2.75) is 0 Å². The van der Waals surface area contributed by atoms with E-state index in [4.69, 9.17) is 5.11 Å². The molecule has 1 N–H and O–H groups in total. The lowest BCUT2D eigenvalue weighted by Crippen LogP contribution is -1.91. The van der Waals surface area contributed by atoms with Crippen LogP contribution < -0.4 is 0 Å². The number of hydrogen-bond acceptors (Lipinski definition) is 1. The molecule has 0 atom stereocenters. The Labute approximate surface area is 60.2 Å². The monoisotopic (exact) mass is 216 g/mol. The summed E-state index contributed by atoms with van der Waals surface area (Å²) in [7, 11) is 0. The van der Waals surface area contributed by atoms with E-state index in [2.05, 4.69) is 0 Å². The third-order valence-electron chi connectivity index (χ3n) is 0.114. The Balaban J connectivity index is 0. The Hall–Kier alpha value is 0.732. The van der Waals surface area contributed by atoms with Crippen molar-refractivity contribution in [3.8, 4) is 0 Å². The average molecular weight is 216 g/mol. The molecule has 4 heteroatoms. The van der Waals surface area contributed by atoms with Crippen LogP contribution in [-0.2, 0) is 4.79 Å². The molecule has 0 spiro atoms. The van der Waals surface area contributed by atoms with Gasteiger partial charge in [0.05, 0.1) is 4.43 Å². The number of hydrogen-bond donors (Lipinski definition) is 1. The van der Waals surface area contributed by atoms with Crippen molar-refractivity contribution in [1.82, 2.24) is 0 Å². The van der Waals surface area contributed by atoms with E-state index < -0.39 is 5.97 Å². The van der Waals surface area contributed by atoms with Gasteiger partial charge in [-0.05, 0) is 0 Å². The zero-order chi connectivity index (χ0) is 4.28. The quantitative estimate of drug-likeness (QED) is 0.358. The minimum Gasteiger partial charge on any atom is -0.481 e. The first-order valence-electron chi connectivity index (χ1n) is 1.05. The summed E-state index contributed by atoms with van der Waals surface area (Å²) in [6.07, 6.45) is 0. The van der Waals surface area contributed by atoms with Crippen molar-refractivity contribution < 1.29 is 9.90 Å². The molecule has 0 heterocycles. The predicted octanol–water partition coefficient (Wildman–Crippen LogP) is -0.678. The Kier molecular flexibility index (Phi) is 9.44. The first kappa shape index (κ1) is 9.88. The lowest BCUT2D eigenvalue weighted by atomic mass is 10.9. The molecule has 0 saturated carbocycles. The summed E-state index contributed by atoms with van der Waals surface area (Å²) in [4.78, 5) is 9.36. The average Bonchev–Trinajstić information content (AvgIpc) is 1.38. The standard InChI is InChI=1S/C2H3IO2.Al.3H/c3-1-2(4)5;;;;/h1H2,(H,4,5);;;;. The van der Waals surface area contributed by atoms with Gasteiger partial charge in [-0.15, -0.1) is 0 Å². The van der Waals surface area contributed by atoms with Crippen LogP contribution in [0.3, 0.4) is 0 Å². The van der Waals surface area contributed by atoms with Gasteiger partial charge in [0.1, 0.15) is 0 Å². The minimum absolute atomic E-state index is 0. The molecule has 0 radical (unpaired) electrons. The Bertz CT molecular complexity index is 46.8. The van der Waals surface area contributed by atoms with Crippen LogP contribution in [0.25, 0.3) is 0 Å². The maximum absolute atomic E-state index is 9.36. The Morgan fingerprint density at radius 2 is 2.00 bits per heavy atom. The van der Waals surface area contributed by atoms with E-state index in [1.807, 2.05) is 0 Å². The number of alkyl halides is 1. The first-order chi connectivity index (χ1) is 2.27. The molecule has 2 nitrogen and oxygen atoms in total. The number of carboxylic acids is 1. The van der Waals surface area contributed by atoms with Gasteiger partial charge >= 0.3 is 5.97 Å². The van der Waals surface area contributed by atoms with E-state index in [1.165, 1.54) is 0 Å². The molecule has 0 aromatic carbocycles. The Morgan fingerprint density at radius 1 is 1.83 bits per heavy atom. The summed E-state index contributed by atoms with van der Waals surface area (Å²) in [5.41, 5.74) is 0. The van der Waals surface area contributed by atoms with E-state index in [1.54, 1.807) is 22.6 Å². The highest BCUT2D eigenvalue weighted by Crippen LogP contribution is 1.75. The van der Waals surface area contributed by atoms with Gasteiger partial charge in [0, 0.05) is 0 Å². The van der Waals surface area contributed by atoms with E-state index in [-0.39, 0.29) is 21.8 Å². The van der Waals surface area contributed by atoms with Crippen LogP contribution in [0, 0.1) is 0 Å².